The van der Waals surface area contributed by atoms with Crippen molar-refractivity contribution >= 4 is 12.0 Å². The third-order valence-electron chi connectivity index (χ3n) is 4.17. The van der Waals surface area contributed by atoms with Gasteiger partial charge in [-0.1, -0.05) is 20.8 Å². The fraction of sp³-hybridized carbons (Fsp3) is 0.650. The Hall–Kier alpha value is -1.80. The zero-order valence-electron chi connectivity index (χ0n) is 17.6. The maximum Gasteiger partial charge on any atom is 0.423 e. The van der Waals surface area contributed by atoms with E-state index in [2.05, 4.69) is 4.99 Å². The molecule has 0 radical (unpaired) electrons. The summed E-state index contributed by atoms with van der Waals surface area (Å²) in [5.74, 6) is -0.101. The first-order valence-electron chi connectivity index (χ1n) is 9.05. The Balaban J connectivity index is 3.37. The molecule has 0 spiro atoms. The summed E-state index contributed by atoms with van der Waals surface area (Å²) in [5, 5.41) is 10.6. The van der Waals surface area contributed by atoms with Crippen molar-refractivity contribution in [2.45, 2.75) is 46.4 Å². The summed E-state index contributed by atoms with van der Waals surface area (Å²) < 4.78 is 51.9. The van der Waals surface area contributed by atoms with E-state index in [0.29, 0.717) is 11.3 Å². The van der Waals surface area contributed by atoms with Crippen molar-refractivity contribution in [1.29, 1.82) is 0 Å². The van der Waals surface area contributed by atoms with Crippen LogP contribution in [0.1, 0.15) is 38.8 Å². The van der Waals surface area contributed by atoms with E-state index < -0.39 is 23.9 Å². The molecule has 0 fully saturated rings. The van der Waals surface area contributed by atoms with Gasteiger partial charge >= 0.3 is 6.18 Å². The van der Waals surface area contributed by atoms with Gasteiger partial charge in [-0.2, -0.15) is 13.2 Å². The summed E-state index contributed by atoms with van der Waals surface area (Å²) in [4.78, 5) is 6.12. The Bertz CT molecular complexity index is 684. The number of rotatable bonds is 8. The number of nitrogens with zero attached hydrogens (tertiary/aromatic N) is 2. The SMILES string of the molecule is CCN(C)C=Nc1cc(OC)c(C(O)(COCC(C)(C)C)C(F)(F)F)cc1C. The number of ether oxygens (including phenoxy) is 2. The minimum Gasteiger partial charge on any atom is -0.496 e. The summed E-state index contributed by atoms with van der Waals surface area (Å²) in [6.07, 6.45) is -3.36. The molecule has 0 saturated heterocycles. The van der Waals surface area contributed by atoms with E-state index in [1.54, 1.807) is 13.3 Å². The van der Waals surface area contributed by atoms with Gasteiger partial charge in [-0.25, -0.2) is 4.99 Å². The average molecular weight is 404 g/mol. The smallest absolute Gasteiger partial charge is 0.423 e. The van der Waals surface area contributed by atoms with Gasteiger partial charge in [0.2, 0.25) is 5.60 Å². The highest BCUT2D eigenvalue weighted by molar-refractivity contribution is 5.65. The molecule has 0 aliphatic rings. The molecule has 0 heterocycles. The second kappa shape index (κ2) is 9.13. The van der Waals surface area contributed by atoms with Crippen LogP contribution in [-0.2, 0) is 10.3 Å². The Kier molecular flexibility index (Phi) is 7.91. The molecule has 0 saturated carbocycles. The molecule has 1 aromatic rings. The topological polar surface area (TPSA) is 54.3 Å². The first-order valence-corrected chi connectivity index (χ1v) is 9.05. The van der Waals surface area contributed by atoms with E-state index in [1.165, 1.54) is 19.2 Å². The molecule has 5 nitrogen and oxygen atoms in total. The lowest BCUT2D eigenvalue weighted by atomic mass is 9.90. The van der Waals surface area contributed by atoms with Crippen LogP contribution in [-0.4, -0.2) is 56.4 Å². The quantitative estimate of drug-likeness (QED) is 0.515. The Labute approximate surface area is 165 Å². The third kappa shape index (κ3) is 6.10. The number of methoxy groups -OCH3 is 1. The van der Waals surface area contributed by atoms with Crippen LogP contribution in [0.5, 0.6) is 5.75 Å². The zero-order chi connectivity index (χ0) is 21.8. The van der Waals surface area contributed by atoms with Gasteiger partial charge in [0.15, 0.2) is 0 Å². The molecule has 28 heavy (non-hydrogen) atoms. The number of alkyl halides is 3. The second-order valence-electron chi connectivity index (χ2n) is 8.07. The second-order valence-corrected chi connectivity index (χ2v) is 8.07. The van der Waals surface area contributed by atoms with Crippen molar-refractivity contribution in [2.24, 2.45) is 10.4 Å². The fourth-order valence-corrected chi connectivity index (χ4v) is 2.37. The lowest BCUT2D eigenvalue weighted by Gasteiger charge is -2.33. The van der Waals surface area contributed by atoms with Gasteiger partial charge in [0.25, 0.3) is 0 Å². The standard InChI is InChI=1S/C20H31F3N2O3/c1-8-25(6)13-24-16-10-17(27-7)15(9-14(16)2)19(26,20(21,22)23)12-28-11-18(3,4)5/h9-10,13,26H,8,11-12H2,1-7H3. The van der Waals surface area contributed by atoms with E-state index in [0.717, 1.165) is 6.54 Å². The highest BCUT2D eigenvalue weighted by Gasteiger charge is 2.57. The summed E-state index contributed by atoms with van der Waals surface area (Å²) in [6.45, 7) is 8.97. The van der Waals surface area contributed by atoms with Crippen molar-refractivity contribution in [1.82, 2.24) is 4.90 Å². The number of aryl methyl sites for hydroxylation is 1. The van der Waals surface area contributed by atoms with Crippen molar-refractivity contribution in [3.8, 4) is 5.75 Å². The molecule has 1 N–H and O–H groups in total. The number of aliphatic imine (C=N–C) groups is 1. The van der Waals surface area contributed by atoms with Crippen LogP contribution in [0.3, 0.4) is 0 Å². The highest BCUT2D eigenvalue weighted by atomic mass is 19.4. The Morgan fingerprint density at radius 2 is 1.79 bits per heavy atom. The van der Waals surface area contributed by atoms with Gasteiger partial charge in [0.05, 0.1) is 32.3 Å². The number of hydrogen-bond acceptors (Lipinski definition) is 4. The largest absolute Gasteiger partial charge is 0.496 e. The number of benzene rings is 1. The first-order chi connectivity index (χ1) is 12.7. The molecule has 8 heteroatoms. The predicted octanol–water partition coefficient (Wildman–Crippen LogP) is 4.43. The van der Waals surface area contributed by atoms with E-state index in [1.807, 2.05) is 39.6 Å². The summed E-state index contributed by atoms with van der Waals surface area (Å²) in [6, 6.07) is 2.65. The summed E-state index contributed by atoms with van der Waals surface area (Å²) in [5.41, 5.74) is -2.99. The van der Waals surface area contributed by atoms with Crippen LogP contribution in [0.25, 0.3) is 0 Å². The van der Waals surface area contributed by atoms with E-state index in [4.69, 9.17) is 9.47 Å². The van der Waals surface area contributed by atoms with Gasteiger partial charge in [-0.3, -0.25) is 0 Å². The molecule has 0 bridgehead atoms. The summed E-state index contributed by atoms with van der Waals surface area (Å²) in [7, 11) is 3.09. The Morgan fingerprint density at radius 1 is 1.18 bits per heavy atom. The summed E-state index contributed by atoms with van der Waals surface area (Å²) >= 11 is 0. The minimum atomic E-state index is -4.95. The maximum atomic E-state index is 13.8. The van der Waals surface area contributed by atoms with Crippen molar-refractivity contribution in [3.05, 3.63) is 23.3 Å². The Morgan fingerprint density at radius 3 is 2.25 bits per heavy atom. The third-order valence-corrected chi connectivity index (χ3v) is 4.17. The van der Waals surface area contributed by atoms with Crippen LogP contribution in [0.15, 0.2) is 17.1 Å². The normalized spacial score (nSPS) is 15.0. The molecular formula is C20H31F3N2O3. The van der Waals surface area contributed by atoms with Crippen molar-refractivity contribution < 1.29 is 27.8 Å². The van der Waals surface area contributed by atoms with E-state index in [9.17, 15) is 18.3 Å². The molecule has 0 aliphatic heterocycles. The monoisotopic (exact) mass is 404 g/mol. The molecule has 1 rings (SSSR count). The molecule has 1 unspecified atom stereocenters. The minimum absolute atomic E-state index is 0.0679. The van der Waals surface area contributed by atoms with E-state index in [-0.39, 0.29) is 17.8 Å². The molecule has 1 aromatic carbocycles. The van der Waals surface area contributed by atoms with Crippen LogP contribution in [0.2, 0.25) is 0 Å². The highest BCUT2D eigenvalue weighted by Crippen LogP contribution is 2.45. The lowest BCUT2D eigenvalue weighted by molar-refractivity contribution is -0.283. The molecule has 1 atom stereocenters. The predicted molar refractivity (Wildman–Crippen MR) is 104 cm³/mol. The number of aliphatic hydroxyl groups is 1. The maximum absolute atomic E-state index is 13.8. The van der Waals surface area contributed by atoms with Crippen LogP contribution < -0.4 is 4.74 Å². The van der Waals surface area contributed by atoms with Crippen molar-refractivity contribution in [3.63, 3.8) is 0 Å². The number of halogens is 3. The van der Waals surface area contributed by atoms with Gasteiger partial charge in [-0.15, -0.1) is 0 Å². The van der Waals surface area contributed by atoms with Crippen LogP contribution >= 0.6 is 0 Å². The number of hydrogen-bond donors (Lipinski definition) is 1. The van der Waals surface area contributed by atoms with Crippen molar-refractivity contribution in [2.75, 3.05) is 33.9 Å². The van der Waals surface area contributed by atoms with Crippen LogP contribution in [0.4, 0.5) is 18.9 Å². The van der Waals surface area contributed by atoms with Gasteiger partial charge in [0, 0.05) is 25.2 Å². The van der Waals surface area contributed by atoms with Crippen LogP contribution in [0, 0.1) is 12.3 Å². The lowest BCUT2D eigenvalue weighted by Crippen LogP contribution is -2.47. The van der Waals surface area contributed by atoms with Gasteiger partial charge in [0.1, 0.15) is 5.75 Å². The molecule has 0 aromatic heterocycles. The average Bonchev–Trinajstić information content (AvgIpc) is 2.57. The first kappa shape index (κ1) is 24.2. The molecule has 0 aliphatic carbocycles. The fourth-order valence-electron chi connectivity index (χ4n) is 2.37. The van der Waals surface area contributed by atoms with Gasteiger partial charge < -0.3 is 19.5 Å². The van der Waals surface area contributed by atoms with E-state index >= 15 is 0 Å². The molecular weight excluding hydrogens is 373 g/mol. The zero-order valence-corrected chi connectivity index (χ0v) is 17.6. The molecule has 160 valence electrons. The molecule has 0 amide bonds. The van der Waals surface area contributed by atoms with Gasteiger partial charge in [-0.05, 0) is 30.9 Å².